The first-order valence-electron chi connectivity index (χ1n) is 10.1. The van der Waals surface area contributed by atoms with Gasteiger partial charge in [-0.1, -0.05) is 36.8 Å². The molecule has 2 N–H and O–H groups in total. The lowest BCUT2D eigenvalue weighted by Crippen LogP contribution is -2.27. The molecule has 29 heavy (non-hydrogen) atoms. The average molecular weight is 398 g/mol. The quantitative estimate of drug-likeness (QED) is 0.566. The summed E-state index contributed by atoms with van der Waals surface area (Å²) in [6.07, 6.45) is 4.88. The van der Waals surface area contributed by atoms with Crippen LogP contribution in [-0.2, 0) is 17.6 Å². The summed E-state index contributed by atoms with van der Waals surface area (Å²) in [5.41, 5.74) is 1.19. The summed E-state index contributed by atoms with van der Waals surface area (Å²) in [4.78, 5) is 16.4. The number of unbranched alkanes of at least 4 members (excludes halogenated alkanes) is 2. The molecule has 0 radical (unpaired) electrons. The van der Waals surface area contributed by atoms with Crippen LogP contribution in [0.1, 0.15) is 43.2 Å². The Labute approximate surface area is 168 Å². The number of furan rings is 1. The van der Waals surface area contributed by atoms with E-state index in [-0.39, 0.29) is 13.0 Å². The molecule has 3 aromatic rings. The monoisotopic (exact) mass is 398 g/mol. The maximum atomic E-state index is 12.3. The van der Waals surface area contributed by atoms with E-state index in [4.69, 9.17) is 9.15 Å². The molecule has 2 aromatic heterocycles. The van der Waals surface area contributed by atoms with Crippen molar-refractivity contribution in [2.24, 2.45) is 0 Å². The van der Waals surface area contributed by atoms with Gasteiger partial charge in [0, 0.05) is 19.0 Å². The molecule has 7 heteroatoms. The van der Waals surface area contributed by atoms with Gasteiger partial charge in [-0.15, -0.1) is 0 Å². The van der Waals surface area contributed by atoms with Crippen LogP contribution in [0.25, 0.3) is 11.1 Å². The second-order valence-corrected chi connectivity index (χ2v) is 7.57. The number of rotatable bonds is 8. The molecule has 0 spiro atoms. The molecule has 154 valence electrons. The van der Waals surface area contributed by atoms with Gasteiger partial charge in [0.2, 0.25) is 5.71 Å². The minimum atomic E-state index is -0.802. The fourth-order valence-corrected chi connectivity index (χ4v) is 3.81. The normalized spacial score (nSPS) is 21.8. The molecule has 1 fully saturated rings. The topological polar surface area (TPSA) is 97.7 Å². The summed E-state index contributed by atoms with van der Waals surface area (Å²) in [7, 11) is 0. The van der Waals surface area contributed by atoms with Gasteiger partial charge in [-0.05, 0) is 30.9 Å². The van der Waals surface area contributed by atoms with Gasteiger partial charge in [0.15, 0.2) is 0 Å². The molecule has 0 bridgehead atoms. The number of hydrogen-bond acceptors (Lipinski definition) is 6. The van der Waals surface area contributed by atoms with E-state index in [0.717, 1.165) is 43.3 Å². The van der Waals surface area contributed by atoms with Crippen molar-refractivity contribution in [2.45, 2.75) is 57.0 Å². The first-order chi connectivity index (χ1) is 14.1. The fourth-order valence-electron chi connectivity index (χ4n) is 3.81. The summed E-state index contributed by atoms with van der Waals surface area (Å²) in [6.45, 7) is -0.289. The van der Waals surface area contributed by atoms with E-state index in [9.17, 15) is 15.0 Å². The number of benzene rings is 1. The Morgan fingerprint density at radius 3 is 2.69 bits per heavy atom. The highest BCUT2D eigenvalue weighted by molar-refractivity contribution is 5.72. The minimum absolute atomic E-state index is 0.241. The number of aliphatic hydroxyl groups is 2. The van der Waals surface area contributed by atoms with E-state index in [1.807, 2.05) is 12.1 Å². The predicted molar refractivity (Wildman–Crippen MR) is 108 cm³/mol. The number of fused-ring (bicyclic) bond motifs is 1. The van der Waals surface area contributed by atoms with Crippen LogP contribution in [0.2, 0.25) is 0 Å². The van der Waals surface area contributed by atoms with Crippen molar-refractivity contribution in [3.8, 4) is 0 Å². The standard InChI is InChI=1S/C22H26N2O5/c25-14-19-18(26)12-20(29-19)24-13-16-11-17(28-21(16)23-22(24)27)10-6-2-5-9-15-7-3-1-4-8-15/h1,3-4,7-8,11,13,18-20,25-26H,2,5-6,9-10,12,14H2/t18-,19-,20-/m1/s1. The molecule has 3 atom stereocenters. The smallest absolute Gasteiger partial charge is 0.353 e. The van der Waals surface area contributed by atoms with Gasteiger partial charge in [0.05, 0.1) is 18.1 Å². The summed E-state index contributed by atoms with van der Waals surface area (Å²) in [5, 5.41) is 19.9. The van der Waals surface area contributed by atoms with Crippen molar-refractivity contribution in [2.75, 3.05) is 6.61 Å². The SMILES string of the molecule is O=c1nc2oc(CCCCCc3ccccc3)cc2cn1[C@H]1C[C@@H](O)[C@@H](CO)O1. The first kappa shape index (κ1) is 19.8. The highest BCUT2D eigenvalue weighted by Gasteiger charge is 2.35. The molecular formula is C22H26N2O5. The molecule has 1 aliphatic rings. The molecule has 4 rings (SSSR count). The van der Waals surface area contributed by atoms with Gasteiger partial charge in [0.1, 0.15) is 18.1 Å². The number of hydrogen-bond donors (Lipinski definition) is 2. The second kappa shape index (κ2) is 8.90. The Morgan fingerprint density at radius 1 is 1.14 bits per heavy atom. The van der Waals surface area contributed by atoms with Crippen LogP contribution < -0.4 is 5.69 Å². The highest BCUT2D eigenvalue weighted by atomic mass is 16.5. The van der Waals surface area contributed by atoms with Gasteiger partial charge in [-0.2, -0.15) is 4.98 Å². The Balaban J connectivity index is 1.36. The molecule has 7 nitrogen and oxygen atoms in total. The molecule has 3 heterocycles. The van der Waals surface area contributed by atoms with Gasteiger partial charge >= 0.3 is 5.69 Å². The summed E-state index contributed by atoms with van der Waals surface area (Å²) in [6, 6.07) is 12.4. The zero-order valence-corrected chi connectivity index (χ0v) is 16.2. The Bertz CT molecular complexity index is 997. The van der Waals surface area contributed by atoms with Crippen molar-refractivity contribution in [3.05, 3.63) is 64.4 Å². The Morgan fingerprint density at radius 2 is 1.93 bits per heavy atom. The van der Waals surface area contributed by atoms with Crippen LogP contribution in [0, 0.1) is 0 Å². The molecule has 1 aliphatic heterocycles. The van der Waals surface area contributed by atoms with Crippen LogP contribution in [0.5, 0.6) is 0 Å². The van der Waals surface area contributed by atoms with Crippen LogP contribution in [0.15, 0.2) is 51.8 Å². The molecule has 0 unspecified atom stereocenters. The van der Waals surface area contributed by atoms with Crippen molar-refractivity contribution in [1.29, 1.82) is 0 Å². The van der Waals surface area contributed by atoms with Crippen LogP contribution in [0.4, 0.5) is 0 Å². The second-order valence-electron chi connectivity index (χ2n) is 7.57. The lowest BCUT2D eigenvalue weighted by atomic mass is 10.1. The number of aromatic nitrogens is 2. The van der Waals surface area contributed by atoms with Crippen LogP contribution >= 0.6 is 0 Å². The average Bonchev–Trinajstić information content (AvgIpc) is 3.29. The summed E-state index contributed by atoms with van der Waals surface area (Å²) >= 11 is 0. The van der Waals surface area contributed by atoms with Gasteiger partial charge in [0.25, 0.3) is 0 Å². The highest BCUT2D eigenvalue weighted by Crippen LogP contribution is 2.28. The summed E-state index contributed by atoms with van der Waals surface area (Å²) < 4.78 is 12.7. The van der Waals surface area contributed by atoms with E-state index in [1.54, 1.807) is 6.20 Å². The minimum Gasteiger partial charge on any atom is -0.443 e. The number of nitrogens with zero attached hydrogens (tertiary/aromatic N) is 2. The van der Waals surface area contributed by atoms with E-state index < -0.39 is 24.1 Å². The lowest BCUT2D eigenvalue weighted by molar-refractivity contribution is -0.0457. The summed E-state index contributed by atoms with van der Waals surface area (Å²) in [5.74, 6) is 0.810. The molecule has 0 saturated carbocycles. The van der Waals surface area contributed by atoms with E-state index in [1.165, 1.54) is 10.1 Å². The van der Waals surface area contributed by atoms with E-state index in [0.29, 0.717) is 5.71 Å². The molecule has 0 aliphatic carbocycles. The van der Waals surface area contributed by atoms with E-state index >= 15 is 0 Å². The third-order valence-electron chi connectivity index (χ3n) is 5.41. The third kappa shape index (κ3) is 4.58. The van der Waals surface area contributed by atoms with Gasteiger partial charge < -0.3 is 19.4 Å². The molecule has 1 saturated heterocycles. The third-order valence-corrected chi connectivity index (χ3v) is 5.41. The number of aliphatic hydroxyl groups excluding tert-OH is 2. The van der Waals surface area contributed by atoms with Crippen LogP contribution in [-0.4, -0.2) is 38.6 Å². The van der Waals surface area contributed by atoms with Crippen molar-refractivity contribution in [1.82, 2.24) is 9.55 Å². The van der Waals surface area contributed by atoms with Crippen molar-refractivity contribution >= 4 is 11.1 Å². The predicted octanol–water partition coefficient (Wildman–Crippen LogP) is 2.59. The first-order valence-corrected chi connectivity index (χ1v) is 10.1. The van der Waals surface area contributed by atoms with Crippen LogP contribution in [0.3, 0.4) is 0 Å². The Hall–Kier alpha value is -2.48. The van der Waals surface area contributed by atoms with Crippen molar-refractivity contribution < 1.29 is 19.4 Å². The van der Waals surface area contributed by atoms with Crippen molar-refractivity contribution in [3.63, 3.8) is 0 Å². The largest absolute Gasteiger partial charge is 0.443 e. The zero-order chi connectivity index (χ0) is 20.2. The fraction of sp³-hybridized carbons (Fsp3) is 0.455. The number of ether oxygens (including phenoxy) is 1. The lowest BCUT2D eigenvalue weighted by Gasteiger charge is -2.13. The van der Waals surface area contributed by atoms with Gasteiger partial charge in [-0.3, -0.25) is 4.57 Å². The Kier molecular flexibility index (Phi) is 6.08. The zero-order valence-electron chi connectivity index (χ0n) is 16.2. The maximum absolute atomic E-state index is 12.3. The van der Waals surface area contributed by atoms with E-state index in [2.05, 4.69) is 29.2 Å². The molecule has 1 aromatic carbocycles. The molecular weight excluding hydrogens is 372 g/mol. The molecule has 0 amide bonds. The van der Waals surface area contributed by atoms with Gasteiger partial charge in [-0.25, -0.2) is 4.79 Å². The maximum Gasteiger partial charge on any atom is 0.353 e. The number of aryl methyl sites for hydroxylation is 2.